The Morgan fingerprint density at radius 3 is 2.96 bits per heavy atom. The van der Waals surface area contributed by atoms with Gasteiger partial charge in [-0.3, -0.25) is 19.7 Å². The summed E-state index contributed by atoms with van der Waals surface area (Å²) in [4.78, 5) is 32.0. The smallest absolute Gasteiger partial charge is 0.305 e. The first kappa shape index (κ1) is 16.5. The molecule has 1 aromatic rings. The Kier molecular flexibility index (Phi) is 5.01. The summed E-state index contributed by atoms with van der Waals surface area (Å²) in [5.41, 5.74) is -0.439. The van der Waals surface area contributed by atoms with Crippen LogP contribution in [0.2, 0.25) is 0 Å². The Hall–Kier alpha value is -2.82. The summed E-state index contributed by atoms with van der Waals surface area (Å²) in [5, 5.41) is 28.0. The number of hydrogen-bond donors (Lipinski definition) is 2. The van der Waals surface area contributed by atoms with E-state index in [1.54, 1.807) is 0 Å². The second-order valence-corrected chi connectivity index (χ2v) is 5.50. The number of rotatable bonds is 5. The lowest BCUT2D eigenvalue weighted by molar-refractivity contribution is -0.384. The summed E-state index contributed by atoms with van der Waals surface area (Å²) in [7, 11) is 0. The number of benzene rings is 1. The minimum atomic E-state index is -1.12. The molecule has 1 aliphatic rings. The van der Waals surface area contributed by atoms with E-state index in [-0.39, 0.29) is 22.8 Å². The maximum Gasteiger partial charge on any atom is 0.305 e. The molecule has 120 valence electrons. The number of carbonyl (C=O) groups is 2. The molecule has 1 saturated heterocycles. The van der Waals surface area contributed by atoms with Crippen LogP contribution in [0.4, 0.5) is 10.1 Å². The number of nitrogens with one attached hydrogen (secondary N) is 1. The fourth-order valence-electron chi connectivity index (χ4n) is 1.63. The third-order valence-electron chi connectivity index (χ3n) is 2.67. The van der Waals surface area contributed by atoms with Crippen LogP contribution in [0.15, 0.2) is 28.4 Å². The number of nitro groups is 1. The van der Waals surface area contributed by atoms with E-state index in [9.17, 15) is 24.1 Å². The highest BCUT2D eigenvalue weighted by atomic mass is 32.2. The summed E-state index contributed by atoms with van der Waals surface area (Å²) >= 11 is 0.887. The van der Waals surface area contributed by atoms with E-state index in [2.05, 4.69) is 15.5 Å². The zero-order valence-corrected chi connectivity index (χ0v) is 12.1. The second kappa shape index (κ2) is 6.96. The Labute approximate surface area is 132 Å². The number of carboxylic acid groups (broad SMARTS) is 1. The molecule has 2 rings (SSSR count). The Balaban J connectivity index is 2.10. The normalized spacial score (nSPS) is 19.3. The van der Waals surface area contributed by atoms with Crippen molar-refractivity contribution in [2.75, 3.05) is 0 Å². The molecular weight excluding hydrogens is 331 g/mol. The standard InChI is InChI=1S/C12H9FN4O5S/c13-8-2-1-7(17(21)22)3-6(8)5-14-16-12-15-11(20)9(23-12)4-10(18)19/h1-3,5,9H,4H2,(H,18,19)(H,15,16,20). The molecule has 1 heterocycles. The average Bonchev–Trinajstić information content (AvgIpc) is 2.80. The Bertz CT molecular complexity index is 736. The highest BCUT2D eigenvalue weighted by Crippen LogP contribution is 2.22. The highest BCUT2D eigenvalue weighted by Gasteiger charge is 2.32. The molecule has 9 nitrogen and oxygen atoms in total. The lowest BCUT2D eigenvalue weighted by Gasteiger charge is -1.98. The number of thioether (sulfide) groups is 1. The first-order valence-corrected chi connectivity index (χ1v) is 6.99. The fraction of sp³-hybridized carbons (Fsp3) is 0.167. The van der Waals surface area contributed by atoms with Gasteiger partial charge in [-0.2, -0.15) is 5.10 Å². The van der Waals surface area contributed by atoms with Gasteiger partial charge in [-0.1, -0.05) is 11.8 Å². The van der Waals surface area contributed by atoms with Crippen molar-refractivity contribution in [1.29, 1.82) is 0 Å². The first-order chi connectivity index (χ1) is 10.9. The zero-order valence-electron chi connectivity index (χ0n) is 11.3. The van der Waals surface area contributed by atoms with Gasteiger partial charge in [0.15, 0.2) is 5.17 Å². The lowest BCUT2D eigenvalue weighted by atomic mass is 10.2. The minimum Gasteiger partial charge on any atom is -0.481 e. The summed E-state index contributed by atoms with van der Waals surface area (Å²) in [6.07, 6.45) is 0.602. The molecule has 0 saturated carbocycles. The number of non-ortho nitro benzene ring substituents is 1. The maximum atomic E-state index is 13.5. The molecule has 0 radical (unpaired) electrons. The third-order valence-corrected chi connectivity index (χ3v) is 3.74. The van der Waals surface area contributed by atoms with Gasteiger partial charge in [0.1, 0.15) is 11.1 Å². The molecule has 0 bridgehead atoms. The average molecular weight is 340 g/mol. The van der Waals surface area contributed by atoms with Crippen LogP contribution < -0.4 is 5.32 Å². The van der Waals surface area contributed by atoms with E-state index in [4.69, 9.17) is 5.11 Å². The number of amides is 1. The number of amidine groups is 1. The van der Waals surface area contributed by atoms with Crippen molar-refractivity contribution in [3.8, 4) is 0 Å². The molecule has 0 aromatic heterocycles. The SMILES string of the molecule is O=C(O)CC1SC(=NN=Cc2cc([N+](=O)[O-])ccc2F)NC1=O. The van der Waals surface area contributed by atoms with Crippen LogP contribution in [0.5, 0.6) is 0 Å². The van der Waals surface area contributed by atoms with Crippen LogP contribution in [-0.2, 0) is 9.59 Å². The molecule has 0 aliphatic carbocycles. The van der Waals surface area contributed by atoms with Crippen molar-refractivity contribution in [2.45, 2.75) is 11.7 Å². The summed E-state index contributed by atoms with van der Waals surface area (Å²) in [6, 6.07) is 2.94. The van der Waals surface area contributed by atoms with Crippen LogP contribution in [0, 0.1) is 15.9 Å². The molecule has 1 aromatic carbocycles. The number of nitrogens with zero attached hydrogens (tertiary/aromatic N) is 3. The molecule has 1 fully saturated rings. The van der Waals surface area contributed by atoms with Gasteiger partial charge in [0.2, 0.25) is 5.91 Å². The van der Waals surface area contributed by atoms with Crippen LogP contribution in [0.1, 0.15) is 12.0 Å². The van der Waals surface area contributed by atoms with Gasteiger partial charge in [0.25, 0.3) is 5.69 Å². The van der Waals surface area contributed by atoms with Crippen molar-refractivity contribution in [3.63, 3.8) is 0 Å². The molecule has 2 N–H and O–H groups in total. The summed E-state index contributed by atoms with van der Waals surface area (Å²) in [5.74, 6) is -2.35. The second-order valence-electron chi connectivity index (χ2n) is 4.31. The van der Waals surface area contributed by atoms with Gasteiger partial charge in [-0.25, -0.2) is 4.39 Å². The molecule has 1 aliphatic heterocycles. The minimum absolute atomic E-state index is 0.0725. The van der Waals surface area contributed by atoms with Crippen molar-refractivity contribution >= 4 is 40.7 Å². The van der Waals surface area contributed by atoms with E-state index in [0.717, 1.165) is 36.2 Å². The van der Waals surface area contributed by atoms with Gasteiger partial charge >= 0.3 is 5.97 Å². The Morgan fingerprint density at radius 1 is 1.57 bits per heavy atom. The van der Waals surface area contributed by atoms with Gasteiger partial charge in [-0.15, -0.1) is 5.10 Å². The fourth-order valence-corrected chi connectivity index (χ4v) is 2.55. The quantitative estimate of drug-likeness (QED) is 0.469. The van der Waals surface area contributed by atoms with E-state index in [0.29, 0.717) is 0 Å². The summed E-state index contributed by atoms with van der Waals surface area (Å²) in [6.45, 7) is 0. The molecule has 1 atom stereocenters. The van der Waals surface area contributed by atoms with E-state index >= 15 is 0 Å². The third kappa shape index (κ3) is 4.32. The number of hydrogen-bond acceptors (Lipinski definition) is 7. The van der Waals surface area contributed by atoms with Crippen LogP contribution in [-0.4, -0.2) is 38.5 Å². The van der Waals surface area contributed by atoms with Gasteiger partial charge in [-0.05, 0) is 6.07 Å². The van der Waals surface area contributed by atoms with Crippen molar-refractivity contribution < 1.29 is 24.0 Å². The van der Waals surface area contributed by atoms with Crippen molar-refractivity contribution in [2.24, 2.45) is 10.2 Å². The number of nitro benzene ring substituents is 1. The topological polar surface area (TPSA) is 134 Å². The number of carbonyl (C=O) groups excluding carboxylic acids is 1. The lowest BCUT2D eigenvalue weighted by Crippen LogP contribution is -2.26. The number of carboxylic acids is 1. The van der Waals surface area contributed by atoms with Gasteiger partial charge in [0.05, 0.1) is 17.6 Å². The van der Waals surface area contributed by atoms with E-state index in [1.807, 2.05) is 0 Å². The maximum absolute atomic E-state index is 13.5. The van der Waals surface area contributed by atoms with E-state index in [1.165, 1.54) is 0 Å². The molecular formula is C12H9FN4O5S. The monoisotopic (exact) mass is 340 g/mol. The molecule has 0 spiro atoms. The van der Waals surface area contributed by atoms with Crippen LogP contribution in [0.3, 0.4) is 0 Å². The predicted octanol–water partition coefficient (Wildman–Crippen LogP) is 1.13. The zero-order chi connectivity index (χ0) is 17.0. The molecule has 1 unspecified atom stereocenters. The van der Waals surface area contributed by atoms with Crippen LogP contribution in [0.25, 0.3) is 0 Å². The number of aliphatic carboxylic acids is 1. The first-order valence-electron chi connectivity index (χ1n) is 6.11. The molecule has 23 heavy (non-hydrogen) atoms. The van der Waals surface area contributed by atoms with E-state index < -0.39 is 27.9 Å². The van der Waals surface area contributed by atoms with Gasteiger partial charge < -0.3 is 10.4 Å². The largest absolute Gasteiger partial charge is 0.481 e. The number of halogens is 1. The Morgan fingerprint density at radius 2 is 2.30 bits per heavy atom. The van der Waals surface area contributed by atoms with Crippen LogP contribution >= 0.6 is 11.8 Å². The predicted molar refractivity (Wildman–Crippen MR) is 79.9 cm³/mol. The van der Waals surface area contributed by atoms with Crippen molar-refractivity contribution in [1.82, 2.24) is 5.32 Å². The van der Waals surface area contributed by atoms with Crippen molar-refractivity contribution in [3.05, 3.63) is 39.7 Å². The molecule has 11 heteroatoms. The van der Waals surface area contributed by atoms with Gasteiger partial charge in [0, 0.05) is 17.7 Å². The highest BCUT2D eigenvalue weighted by molar-refractivity contribution is 8.15. The molecule has 1 amide bonds. The summed E-state index contributed by atoms with van der Waals surface area (Å²) < 4.78 is 13.5.